The Morgan fingerprint density at radius 1 is 0.613 bits per heavy atom. The van der Waals surface area contributed by atoms with Crippen molar-refractivity contribution in [1.29, 1.82) is 0 Å². The highest BCUT2D eigenvalue weighted by molar-refractivity contribution is 5.84. The van der Waals surface area contributed by atoms with E-state index >= 15 is 0 Å². The van der Waals surface area contributed by atoms with Crippen molar-refractivity contribution in [1.82, 2.24) is 10.0 Å². The van der Waals surface area contributed by atoms with Crippen molar-refractivity contribution in [3.63, 3.8) is 0 Å². The molecule has 0 amide bonds. The Kier molecular flexibility index (Phi) is 13.7. The van der Waals surface area contributed by atoms with Crippen LogP contribution in [-0.4, -0.2) is 63.4 Å². The standard InChI is InChI=1S/C26H51N5/c1-9-15-22-30(23-16-10-2)31(29(20-11-3)21-12-4)25-19-17-18-24(27(7)8)26(25)28(13-5)14-6/h17-19H,9-16,20-23H2,1-8H3. The lowest BCUT2D eigenvalue weighted by atomic mass is 10.1. The number of hydrazine groups is 2. The lowest BCUT2D eigenvalue weighted by Gasteiger charge is -2.46. The van der Waals surface area contributed by atoms with Gasteiger partial charge in [0.2, 0.25) is 0 Å². The number of unbranched alkanes of at least 4 members (excludes halogenated alkanes) is 2. The maximum Gasteiger partial charge on any atom is 0.0961 e. The van der Waals surface area contributed by atoms with Crippen LogP contribution in [0.1, 0.15) is 80.1 Å². The van der Waals surface area contributed by atoms with Crippen molar-refractivity contribution in [3.05, 3.63) is 18.2 Å². The predicted octanol–water partition coefficient (Wildman–Crippen LogP) is 6.26. The average Bonchev–Trinajstić information content (AvgIpc) is 2.76. The second-order valence-corrected chi connectivity index (χ2v) is 8.62. The highest BCUT2D eigenvalue weighted by Gasteiger charge is 2.27. The average molecular weight is 434 g/mol. The van der Waals surface area contributed by atoms with E-state index in [0.717, 1.165) is 52.1 Å². The molecule has 0 bridgehead atoms. The fourth-order valence-corrected chi connectivity index (χ4v) is 4.19. The monoisotopic (exact) mass is 433 g/mol. The summed E-state index contributed by atoms with van der Waals surface area (Å²) in [5, 5.41) is 7.78. The van der Waals surface area contributed by atoms with Gasteiger partial charge in [-0.15, -0.1) is 0 Å². The van der Waals surface area contributed by atoms with Crippen LogP contribution >= 0.6 is 0 Å². The largest absolute Gasteiger partial charge is 0.376 e. The van der Waals surface area contributed by atoms with Gasteiger partial charge < -0.3 is 9.80 Å². The molecule has 0 unspecified atom stereocenters. The van der Waals surface area contributed by atoms with E-state index in [1.807, 2.05) is 0 Å². The topological polar surface area (TPSA) is 16.2 Å². The Hall–Kier alpha value is -1.46. The molecule has 180 valence electrons. The van der Waals surface area contributed by atoms with Gasteiger partial charge >= 0.3 is 0 Å². The summed E-state index contributed by atoms with van der Waals surface area (Å²) in [6.45, 7) is 20.1. The minimum absolute atomic E-state index is 1.01. The molecule has 1 aromatic rings. The van der Waals surface area contributed by atoms with E-state index in [1.54, 1.807) is 0 Å². The van der Waals surface area contributed by atoms with Gasteiger partial charge in [-0.1, -0.05) is 46.6 Å². The van der Waals surface area contributed by atoms with Gasteiger partial charge in [-0.2, -0.15) is 0 Å². The number of hydrogen-bond acceptors (Lipinski definition) is 5. The lowest BCUT2D eigenvalue weighted by Crippen LogP contribution is -2.55. The molecule has 0 aliphatic carbocycles. The van der Waals surface area contributed by atoms with E-state index < -0.39 is 0 Å². The molecule has 5 heteroatoms. The quantitative estimate of drug-likeness (QED) is 0.269. The Labute approximate surface area is 193 Å². The number of hydrogen-bond donors (Lipinski definition) is 0. The zero-order valence-electron chi connectivity index (χ0n) is 22.0. The maximum absolute atomic E-state index is 2.63. The van der Waals surface area contributed by atoms with Gasteiger partial charge in [-0.05, 0) is 51.7 Å². The summed E-state index contributed by atoms with van der Waals surface area (Å²) >= 11 is 0. The molecule has 0 aliphatic heterocycles. The fourth-order valence-electron chi connectivity index (χ4n) is 4.19. The number of rotatable bonds is 17. The number of benzene rings is 1. The van der Waals surface area contributed by atoms with Crippen molar-refractivity contribution >= 4 is 17.1 Å². The Bertz CT molecular complexity index is 571. The second kappa shape index (κ2) is 15.4. The van der Waals surface area contributed by atoms with E-state index in [2.05, 4.69) is 98.8 Å². The van der Waals surface area contributed by atoms with Crippen molar-refractivity contribution in [2.24, 2.45) is 0 Å². The Morgan fingerprint density at radius 2 is 1.10 bits per heavy atom. The van der Waals surface area contributed by atoms with E-state index in [0.29, 0.717) is 0 Å². The second-order valence-electron chi connectivity index (χ2n) is 8.62. The number of anilines is 3. The van der Waals surface area contributed by atoms with Gasteiger partial charge in [0, 0.05) is 53.4 Å². The van der Waals surface area contributed by atoms with Crippen LogP contribution < -0.4 is 14.9 Å². The molecule has 5 nitrogen and oxygen atoms in total. The molecule has 0 fully saturated rings. The minimum atomic E-state index is 1.01. The zero-order valence-corrected chi connectivity index (χ0v) is 22.0. The van der Waals surface area contributed by atoms with Crippen LogP contribution in [-0.2, 0) is 0 Å². The van der Waals surface area contributed by atoms with Crippen molar-refractivity contribution < 1.29 is 0 Å². The molecule has 1 rings (SSSR count). The zero-order chi connectivity index (χ0) is 23.2. The van der Waals surface area contributed by atoms with Crippen molar-refractivity contribution in [2.75, 3.05) is 68.3 Å². The third kappa shape index (κ3) is 7.87. The van der Waals surface area contributed by atoms with Crippen LogP contribution in [0.2, 0.25) is 0 Å². The van der Waals surface area contributed by atoms with Gasteiger partial charge in [0.05, 0.1) is 17.1 Å². The Balaban J connectivity index is 3.70. The highest BCUT2D eigenvalue weighted by atomic mass is 15.9. The van der Waals surface area contributed by atoms with Crippen LogP contribution in [0.25, 0.3) is 0 Å². The van der Waals surface area contributed by atoms with Crippen LogP contribution in [0.5, 0.6) is 0 Å². The Morgan fingerprint density at radius 3 is 1.52 bits per heavy atom. The van der Waals surface area contributed by atoms with E-state index in [-0.39, 0.29) is 0 Å². The first-order valence-electron chi connectivity index (χ1n) is 12.8. The molecule has 31 heavy (non-hydrogen) atoms. The summed E-state index contributed by atoms with van der Waals surface area (Å²) in [4.78, 5) is 4.79. The molecule has 1 aromatic carbocycles. The van der Waals surface area contributed by atoms with Gasteiger partial charge in [0.15, 0.2) is 0 Å². The molecule has 0 heterocycles. The van der Waals surface area contributed by atoms with Crippen LogP contribution in [0, 0.1) is 0 Å². The summed E-state index contributed by atoms with van der Waals surface area (Å²) in [5.74, 6) is 0. The number of nitrogens with zero attached hydrogens (tertiary/aromatic N) is 5. The maximum atomic E-state index is 2.63. The summed E-state index contributed by atoms with van der Waals surface area (Å²) in [7, 11) is 4.33. The first-order chi connectivity index (χ1) is 15.0. The van der Waals surface area contributed by atoms with Gasteiger partial charge in [-0.3, -0.25) is 0 Å². The first kappa shape index (κ1) is 27.6. The van der Waals surface area contributed by atoms with E-state index in [4.69, 9.17) is 0 Å². The summed E-state index contributed by atoms with van der Waals surface area (Å²) in [5.41, 5.74) is 3.97. The molecular formula is C26H51N5. The van der Waals surface area contributed by atoms with E-state index in [9.17, 15) is 0 Å². The van der Waals surface area contributed by atoms with Gasteiger partial charge in [0.25, 0.3) is 0 Å². The normalized spacial score (nSPS) is 11.4. The smallest absolute Gasteiger partial charge is 0.0961 e. The number of para-hydroxylation sites is 1. The molecule has 0 aromatic heterocycles. The molecular weight excluding hydrogens is 382 g/mol. The van der Waals surface area contributed by atoms with E-state index in [1.165, 1.54) is 42.7 Å². The molecule has 0 N–H and O–H groups in total. The van der Waals surface area contributed by atoms with Crippen molar-refractivity contribution in [3.8, 4) is 0 Å². The lowest BCUT2D eigenvalue weighted by molar-refractivity contribution is 0.0923. The first-order valence-corrected chi connectivity index (χ1v) is 12.8. The summed E-state index contributed by atoms with van der Waals surface area (Å²) in [6.07, 6.45) is 7.19. The summed E-state index contributed by atoms with van der Waals surface area (Å²) < 4.78 is 0. The predicted molar refractivity (Wildman–Crippen MR) is 140 cm³/mol. The SMILES string of the molecule is CCCCN(CCCC)N(c1cccc(N(C)C)c1N(CC)CC)N(CCC)CCC. The van der Waals surface area contributed by atoms with Crippen LogP contribution in [0.15, 0.2) is 18.2 Å². The third-order valence-corrected chi connectivity index (χ3v) is 5.81. The molecule has 0 saturated heterocycles. The molecule has 0 saturated carbocycles. The molecule has 0 aliphatic rings. The van der Waals surface area contributed by atoms with Crippen LogP contribution in [0.3, 0.4) is 0 Å². The fraction of sp³-hybridized carbons (Fsp3) is 0.769. The molecule has 0 radical (unpaired) electrons. The summed E-state index contributed by atoms with van der Waals surface area (Å²) in [6, 6.07) is 6.84. The van der Waals surface area contributed by atoms with Crippen molar-refractivity contribution in [2.45, 2.75) is 80.1 Å². The van der Waals surface area contributed by atoms with Crippen LogP contribution in [0.4, 0.5) is 17.1 Å². The molecule has 0 spiro atoms. The minimum Gasteiger partial charge on any atom is -0.376 e. The van der Waals surface area contributed by atoms with Gasteiger partial charge in [-0.25, -0.2) is 15.1 Å². The highest BCUT2D eigenvalue weighted by Crippen LogP contribution is 2.39. The van der Waals surface area contributed by atoms with Gasteiger partial charge in [0.1, 0.15) is 0 Å². The molecule has 0 atom stereocenters. The third-order valence-electron chi connectivity index (χ3n) is 5.81.